The smallest absolute Gasteiger partial charge is 0.270 e. The van der Waals surface area contributed by atoms with Gasteiger partial charge in [-0.25, -0.2) is 14.6 Å². The molecule has 4 N–H and O–H groups in total. The monoisotopic (exact) mass is 451 g/mol. The van der Waals surface area contributed by atoms with E-state index in [0.717, 1.165) is 40.8 Å². The molecular weight excluding hydrogens is 422 g/mol. The van der Waals surface area contributed by atoms with E-state index >= 15 is 0 Å². The third-order valence-corrected chi connectivity index (χ3v) is 5.84. The van der Waals surface area contributed by atoms with E-state index in [2.05, 4.69) is 20.7 Å². The molecule has 0 saturated carbocycles. The third kappa shape index (κ3) is 4.80. The van der Waals surface area contributed by atoms with Gasteiger partial charge in [-0.15, -0.1) is 0 Å². The molecule has 0 spiro atoms. The van der Waals surface area contributed by atoms with Crippen LogP contribution in [0.4, 0.5) is 5.69 Å². The third-order valence-electron chi connectivity index (χ3n) is 5.84. The quantitative estimate of drug-likeness (QED) is 0.476. The van der Waals surface area contributed by atoms with Crippen molar-refractivity contribution in [3.63, 3.8) is 0 Å². The summed E-state index contributed by atoms with van der Waals surface area (Å²) in [7, 11) is 0. The van der Waals surface area contributed by atoms with E-state index in [-0.39, 0.29) is 29.9 Å². The van der Waals surface area contributed by atoms with Crippen molar-refractivity contribution in [3.8, 4) is 0 Å². The fraction of sp³-hybridized carbons (Fsp3) is 0.435. The van der Waals surface area contributed by atoms with Gasteiger partial charge in [-0.1, -0.05) is 13.0 Å². The lowest BCUT2D eigenvalue weighted by Gasteiger charge is -2.26. The van der Waals surface area contributed by atoms with Gasteiger partial charge >= 0.3 is 0 Å². The molecular formula is C23H29N7O3. The largest absolute Gasteiger partial charge is 0.381 e. The van der Waals surface area contributed by atoms with E-state index < -0.39 is 5.91 Å². The minimum absolute atomic E-state index is 0.0498. The van der Waals surface area contributed by atoms with E-state index in [9.17, 15) is 9.59 Å². The number of aryl methyl sites for hydroxylation is 2. The molecule has 10 nitrogen and oxygen atoms in total. The van der Waals surface area contributed by atoms with Crippen LogP contribution in [0.5, 0.6) is 0 Å². The van der Waals surface area contributed by atoms with Gasteiger partial charge in [0.15, 0.2) is 5.65 Å². The van der Waals surface area contributed by atoms with Gasteiger partial charge in [0, 0.05) is 43.6 Å². The summed E-state index contributed by atoms with van der Waals surface area (Å²) in [5.74, 6) is -1.06. The lowest BCUT2D eigenvalue weighted by molar-refractivity contribution is 0.0904. The van der Waals surface area contributed by atoms with E-state index in [1.165, 1.54) is 6.07 Å². The first-order valence-corrected chi connectivity index (χ1v) is 11.3. The lowest BCUT2D eigenvalue weighted by atomic mass is 10.0. The van der Waals surface area contributed by atoms with Gasteiger partial charge in [-0.05, 0) is 38.3 Å². The number of aromatic nitrogens is 4. The Morgan fingerprint density at radius 1 is 1.18 bits per heavy atom. The molecule has 0 unspecified atom stereocenters. The minimum Gasteiger partial charge on any atom is -0.381 e. The average molecular weight is 452 g/mol. The summed E-state index contributed by atoms with van der Waals surface area (Å²) in [5, 5.41) is 12.1. The summed E-state index contributed by atoms with van der Waals surface area (Å²) in [5.41, 5.74) is 9.07. The minimum atomic E-state index is -0.677. The molecule has 0 aromatic carbocycles. The molecule has 3 aromatic heterocycles. The predicted octanol–water partition coefficient (Wildman–Crippen LogP) is 2.03. The molecule has 174 valence electrons. The molecule has 2 amide bonds. The van der Waals surface area contributed by atoms with Crippen LogP contribution in [0.25, 0.3) is 11.0 Å². The summed E-state index contributed by atoms with van der Waals surface area (Å²) >= 11 is 0. The fourth-order valence-corrected chi connectivity index (χ4v) is 4.06. The van der Waals surface area contributed by atoms with Crippen molar-refractivity contribution in [2.45, 2.75) is 52.2 Å². The second kappa shape index (κ2) is 9.95. The highest BCUT2D eigenvalue weighted by molar-refractivity contribution is 5.96. The number of rotatable bonds is 8. The lowest BCUT2D eigenvalue weighted by Crippen LogP contribution is -2.30. The summed E-state index contributed by atoms with van der Waals surface area (Å²) in [6.45, 7) is 6.49. The maximum atomic E-state index is 12.8. The first-order chi connectivity index (χ1) is 16.0. The van der Waals surface area contributed by atoms with Crippen LogP contribution in [-0.4, -0.2) is 50.8 Å². The first kappa shape index (κ1) is 22.7. The zero-order valence-corrected chi connectivity index (χ0v) is 18.9. The van der Waals surface area contributed by atoms with Crippen LogP contribution >= 0.6 is 0 Å². The van der Waals surface area contributed by atoms with Crippen molar-refractivity contribution < 1.29 is 14.3 Å². The fourth-order valence-electron chi connectivity index (χ4n) is 4.06. The van der Waals surface area contributed by atoms with Crippen molar-refractivity contribution >= 4 is 28.5 Å². The zero-order valence-electron chi connectivity index (χ0n) is 18.9. The number of fused-ring (bicyclic) bond motifs is 1. The van der Waals surface area contributed by atoms with Gasteiger partial charge in [0.2, 0.25) is 0 Å². The van der Waals surface area contributed by atoms with Gasteiger partial charge in [-0.3, -0.25) is 9.59 Å². The van der Waals surface area contributed by atoms with Crippen LogP contribution in [0, 0.1) is 0 Å². The molecule has 4 heterocycles. The average Bonchev–Trinajstić information content (AvgIpc) is 3.26. The Hall–Kier alpha value is -3.53. The molecule has 1 fully saturated rings. The van der Waals surface area contributed by atoms with Crippen molar-refractivity contribution in [3.05, 3.63) is 47.0 Å². The van der Waals surface area contributed by atoms with Gasteiger partial charge in [0.1, 0.15) is 11.4 Å². The Balaban J connectivity index is 1.67. The van der Waals surface area contributed by atoms with Crippen LogP contribution in [0.15, 0.2) is 24.4 Å². The highest BCUT2D eigenvalue weighted by Crippen LogP contribution is 2.31. The number of primary amides is 1. The Labute approximate surface area is 191 Å². The summed E-state index contributed by atoms with van der Waals surface area (Å²) < 4.78 is 7.39. The molecule has 1 saturated heterocycles. The summed E-state index contributed by atoms with van der Waals surface area (Å²) in [6, 6.07) is 4.89. The number of carbonyl (C=O) groups is 2. The van der Waals surface area contributed by atoms with Crippen molar-refractivity contribution in [2.24, 2.45) is 5.73 Å². The van der Waals surface area contributed by atoms with Crippen LogP contribution in [0.1, 0.15) is 58.9 Å². The second-order valence-corrected chi connectivity index (χ2v) is 7.95. The number of anilines is 1. The van der Waals surface area contributed by atoms with Gasteiger partial charge in [-0.2, -0.15) is 5.10 Å². The summed E-state index contributed by atoms with van der Waals surface area (Å²) in [4.78, 5) is 33.2. The van der Waals surface area contributed by atoms with Gasteiger partial charge < -0.3 is 21.1 Å². The van der Waals surface area contributed by atoms with E-state index in [0.29, 0.717) is 26.2 Å². The van der Waals surface area contributed by atoms with E-state index in [4.69, 9.17) is 15.5 Å². The van der Waals surface area contributed by atoms with Crippen molar-refractivity contribution in [2.75, 3.05) is 18.5 Å². The number of nitrogens with zero attached hydrogens (tertiary/aromatic N) is 4. The zero-order chi connectivity index (χ0) is 23.4. The SMILES string of the molecule is CCc1nc2c(cnn2CC)c(NC2CCOCC2)c1CNC(=O)c1cccc(C(N)=O)n1. The Morgan fingerprint density at radius 3 is 2.64 bits per heavy atom. The first-order valence-electron chi connectivity index (χ1n) is 11.3. The molecule has 0 bridgehead atoms. The Kier molecular flexibility index (Phi) is 6.83. The van der Waals surface area contributed by atoms with Crippen LogP contribution in [-0.2, 0) is 24.2 Å². The topological polar surface area (TPSA) is 137 Å². The molecule has 10 heteroatoms. The van der Waals surface area contributed by atoms with Crippen LogP contribution in [0.3, 0.4) is 0 Å². The maximum absolute atomic E-state index is 12.8. The normalized spacial score (nSPS) is 14.4. The Morgan fingerprint density at radius 2 is 1.94 bits per heavy atom. The number of hydrogen-bond acceptors (Lipinski definition) is 7. The number of amides is 2. The highest BCUT2D eigenvalue weighted by atomic mass is 16.5. The summed E-state index contributed by atoms with van der Waals surface area (Å²) in [6.07, 6.45) is 4.34. The second-order valence-electron chi connectivity index (χ2n) is 7.95. The number of nitrogens with two attached hydrogens (primary N) is 1. The molecule has 0 atom stereocenters. The number of carbonyl (C=O) groups excluding carboxylic acids is 2. The molecule has 3 aromatic rings. The molecule has 0 aliphatic carbocycles. The molecule has 33 heavy (non-hydrogen) atoms. The number of nitrogens with one attached hydrogen (secondary N) is 2. The molecule has 0 radical (unpaired) electrons. The predicted molar refractivity (Wildman–Crippen MR) is 124 cm³/mol. The number of hydrogen-bond donors (Lipinski definition) is 3. The van der Waals surface area contributed by atoms with Crippen molar-refractivity contribution in [1.82, 2.24) is 25.1 Å². The highest BCUT2D eigenvalue weighted by Gasteiger charge is 2.22. The molecule has 1 aliphatic heterocycles. The Bertz CT molecular complexity index is 1170. The van der Waals surface area contributed by atoms with Crippen molar-refractivity contribution in [1.29, 1.82) is 0 Å². The van der Waals surface area contributed by atoms with E-state index in [1.54, 1.807) is 12.1 Å². The molecule has 4 rings (SSSR count). The number of pyridine rings is 2. The van der Waals surface area contributed by atoms with Gasteiger partial charge in [0.05, 0.1) is 17.3 Å². The van der Waals surface area contributed by atoms with Gasteiger partial charge in [0.25, 0.3) is 11.8 Å². The molecule has 1 aliphatic rings. The van der Waals surface area contributed by atoms with Crippen LogP contribution in [0.2, 0.25) is 0 Å². The number of ether oxygens (including phenoxy) is 1. The van der Waals surface area contributed by atoms with E-state index in [1.807, 2.05) is 24.7 Å². The van der Waals surface area contributed by atoms with Crippen LogP contribution < -0.4 is 16.4 Å². The maximum Gasteiger partial charge on any atom is 0.270 e. The standard InChI is InChI=1S/C23H29N7O3/c1-3-17-15(12-25-23(32)19-7-5-6-18(28-19)21(24)31)20(27-14-8-10-33-11-9-14)16-13-26-30(4-2)22(16)29-17/h5-7,13-14H,3-4,8-12H2,1-2H3,(H2,24,31)(H,25,32)(H,27,29).